The van der Waals surface area contributed by atoms with E-state index >= 15 is 0 Å². The fourth-order valence-corrected chi connectivity index (χ4v) is 2.85. The van der Waals surface area contributed by atoms with Crippen LogP contribution in [0.1, 0.15) is 11.3 Å². The Morgan fingerprint density at radius 1 is 1.00 bits per heavy atom. The van der Waals surface area contributed by atoms with Gasteiger partial charge in [0.05, 0.1) is 11.2 Å². The monoisotopic (exact) mass is 279 g/mol. The summed E-state index contributed by atoms with van der Waals surface area (Å²) in [5, 5.41) is 9.38. The molecule has 0 amide bonds. The third-order valence-corrected chi connectivity index (χ3v) is 4.01. The van der Waals surface area contributed by atoms with Gasteiger partial charge in [-0.25, -0.2) is 0 Å². The minimum absolute atomic E-state index is 0.394. The van der Waals surface area contributed by atoms with Crippen molar-refractivity contribution in [2.45, 2.75) is 18.9 Å². The fourth-order valence-electron chi connectivity index (χ4n) is 2.85. The highest BCUT2D eigenvalue weighted by Gasteiger charge is 2.14. The minimum atomic E-state index is 0.394. The molecule has 3 nitrogen and oxygen atoms in total. The first-order chi connectivity index (χ1) is 10.3. The number of para-hydroxylation sites is 1. The van der Waals surface area contributed by atoms with Crippen molar-refractivity contribution in [2.24, 2.45) is 7.05 Å². The molecule has 1 aromatic heterocycles. The summed E-state index contributed by atoms with van der Waals surface area (Å²) in [5.74, 6) is 0. The van der Waals surface area contributed by atoms with Gasteiger partial charge in [0.15, 0.2) is 0 Å². The highest BCUT2D eigenvalue weighted by atomic mass is 15.3. The van der Waals surface area contributed by atoms with Gasteiger partial charge in [0, 0.05) is 24.9 Å². The summed E-state index contributed by atoms with van der Waals surface area (Å²) in [6, 6.07) is 19.4. The molecule has 1 heterocycles. The minimum Gasteiger partial charge on any atom is -0.316 e. The second-order valence-corrected chi connectivity index (χ2v) is 5.47. The van der Waals surface area contributed by atoms with Gasteiger partial charge in [-0.15, -0.1) is 0 Å². The molecule has 3 aromatic rings. The molecule has 0 aliphatic heterocycles. The summed E-state index contributed by atoms with van der Waals surface area (Å²) in [6.07, 6.45) is 1.95. The molecule has 3 heteroatoms. The molecule has 1 N–H and O–H groups in total. The number of benzene rings is 2. The first kappa shape index (κ1) is 13.8. The number of likely N-dealkylation sites (N-methyl/N-ethyl adjacent to an activating group) is 1. The molecule has 0 spiro atoms. The number of hydrogen-bond acceptors (Lipinski definition) is 2. The molecule has 108 valence electrons. The maximum Gasteiger partial charge on any atom is 0.0718 e. The van der Waals surface area contributed by atoms with Gasteiger partial charge < -0.3 is 5.32 Å². The third-order valence-electron chi connectivity index (χ3n) is 4.01. The van der Waals surface area contributed by atoms with Crippen LogP contribution in [0.2, 0.25) is 0 Å². The van der Waals surface area contributed by atoms with E-state index in [2.05, 4.69) is 59.9 Å². The van der Waals surface area contributed by atoms with Gasteiger partial charge in [0.25, 0.3) is 0 Å². The zero-order valence-corrected chi connectivity index (χ0v) is 12.6. The number of fused-ring (bicyclic) bond motifs is 1. The van der Waals surface area contributed by atoms with Crippen LogP contribution in [0.4, 0.5) is 0 Å². The van der Waals surface area contributed by atoms with E-state index in [9.17, 15) is 0 Å². The van der Waals surface area contributed by atoms with Gasteiger partial charge in [0.1, 0.15) is 0 Å². The number of hydrogen-bond donors (Lipinski definition) is 1. The van der Waals surface area contributed by atoms with Gasteiger partial charge in [-0.3, -0.25) is 4.68 Å². The van der Waals surface area contributed by atoms with E-state index in [1.807, 2.05) is 18.8 Å². The maximum atomic E-state index is 4.70. The molecular formula is C18H21N3. The summed E-state index contributed by atoms with van der Waals surface area (Å²) in [4.78, 5) is 0. The van der Waals surface area contributed by atoms with Crippen LogP contribution in [0.5, 0.6) is 0 Å². The Balaban J connectivity index is 1.83. The van der Waals surface area contributed by atoms with Crippen LogP contribution >= 0.6 is 0 Å². The topological polar surface area (TPSA) is 29.9 Å². The fraction of sp³-hybridized carbons (Fsp3) is 0.278. The van der Waals surface area contributed by atoms with Gasteiger partial charge in [-0.2, -0.15) is 5.10 Å². The normalized spacial score (nSPS) is 12.7. The van der Waals surface area contributed by atoms with E-state index < -0.39 is 0 Å². The number of nitrogens with zero attached hydrogens (tertiary/aromatic N) is 2. The van der Waals surface area contributed by atoms with Crippen molar-refractivity contribution in [3.63, 3.8) is 0 Å². The van der Waals surface area contributed by atoms with Gasteiger partial charge >= 0.3 is 0 Å². The molecular weight excluding hydrogens is 258 g/mol. The molecule has 1 unspecified atom stereocenters. The predicted octanol–water partition coefficient (Wildman–Crippen LogP) is 2.95. The van der Waals surface area contributed by atoms with Crippen molar-refractivity contribution < 1.29 is 0 Å². The first-order valence-electron chi connectivity index (χ1n) is 7.39. The lowest BCUT2D eigenvalue weighted by atomic mass is 10.0. The molecule has 0 saturated carbocycles. The summed E-state index contributed by atoms with van der Waals surface area (Å²) in [7, 11) is 4.04. The van der Waals surface area contributed by atoms with E-state index in [1.165, 1.54) is 22.2 Å². The Labute approximate surface area is 125 Å². The number of aromatic nitrogens is 2. The van der Waals surface area contributed by atoms with Crippen LogP contribution in [0, 0.1) is 0 Å². The smallest absolute Gasteiger partial charge is 0.0718 e. The first-order valence-corrected chi connectivity index (χ1v) is 7.39. The molecule has 21 heavy (non-hydrogen) atoms. The van der Waals surface area contributed by atoms with E-state index in [-0.39, 0.29) is 0 Å². The second-order valence-electron chi connectivity index (χ2n) is 5.47. The molecule has 2 aromatic carbocycles. The lowest BCUT2D eigenvalue weighted by Gasteiger charge is -2.15. The van der Waals surface area contributed by atoms with Gasteiger partial charge in [-0.05, 0) is 25.1 Å². The van der Waals surface area contributed by atoms with Crippen LogP contribution in [-0.2, 0) is 19.9 Å². The highest BCUT2D eigenvalue weighted by molar-refractivity contribution is 5.81. The van der Waals surface area contributed by atoms with Crippen LogP contribution in [0.25, 0.3) is 10.9 Å². The largest absolute Gasteiger partial charge is 0.316 e. The van der Waals surface area contributed by atoms with Crippen LogP contribution < -0.4 is 5.32 Å². The van der Waals surface area contributed by atoms with Crippen molar-refractivity contribution in [3.05, 3.63) is 65.9 Å². The summed E-state index contributed by atoms with van der Waals surface area (Å²) < 4.78 is 1.97. The summed E-state index contributed by atoms with van der Waals surface area (Å²) in [6.45, 7) is 0. The lowest BCUT2D eigenvalue weighted by Crippen LogP contribution is -2.30. The number of aryl methyl sites for hydroxylation is 1. The second kappa shape index (κ2) is 6.10. The van der Waals surface area contributed by atoms with Crippen molar-refractivity contribution in [1.82, 2.24) is 15.1 Å². The van der Waals surface area contributed by atoms with Crippen molar-refractivity contribution in [1.29, 1.82) is 0 Å². The van der Waals surface area contributed by atoms with Crippen LogP contribution in [0.15, 0.2) is 54.6 Å². The zero-order chi connectivity index (χ0) is 14.7. The van der Waals surface area contributed by atoms with Crippen molar-refractivity contribution in [2.75, 3.05) is 7.05 Å². The van der Waals surface area contributed by atoms with Gasteiger partial charge in [0.2, 0.25) is 0 Å². The average Bonchev–Trinajstić information content (AvgIpc) is 2.84. The Bertz CT molecular complexity index is 716. The predicted molar refractivity (Wildman–Crippen MR) is 87.4 cm³/mol. The van der Waals surface area contributed by atoms with E-state index in [4.69, 9.17) is 5.10 Å². The SMILES string of the molecule is CNC(Cc1ccccc1)Cc1nn(C)c2ccccc12. The Kier molecular flexibility index (Phi) is 4.02. The summed E-state index contributed by atoms with van der Waals surface area (Å²) >= 11 is 0. The molecule has 0 aliphatic rings. The standard InChI is InChI=1S/C18H21N3/c1-19-15(12-14-8-4-3-5-9-14)13-17-16-10-6-7-11-18(16)21(2)20-17/h3-11,15,19H,12-13H2,1-2H3. The summed E-state index contributed by atoms with van der Waals surface area (Å²) in [5.41, 5.74) is 3.72. The molecule has 0 radical (unpaired) electrons. The quantitative estimate of drug-likeness (QED) is 0.778. The zero-order valence-electron chi connectivity index (χ0n) is 12.6. The Morgan fingerprint density at radius 2 is 1.71 bits per heavy atom. The van der Waals surface area contributed by atoms with Crippen molar-refractivity contribution in [3.8, 4) is 0 Å². The molecule has 0 saturated heterocycles. The molecule has 3 rings (SSSR count). The average molecular weight is 279 g/mol. The Hall–Kier alpha value is -2.13. The maximum absolute atomic E-state index is 4.70. The molecule has 0 fully saturated rings. The van der Waals surface area contributed by atoms with E-state index in [0.29, 0.717) is 6.04 Å². The van der Waals surface area contributed by atoms with Crippen molar-refractivity contribution >= 4 is 10.9 Å². The number of rotatable bonds is 5. The van der Waals surface area contributed by atoms with Crippen LogP contribution in [0.3, 0.4) is 0 Å². The third kappa shape index (κ3) is 2.98. The van der Waals surface area contributed by atoms with Gasteiger partial charge in [-0.1, -0.05) is 48.5 Å². The molecule has 0 aliphatic carbocycles. The lowest BCUT2D eigenvalue weighted by molar-refractivity contribution is 0.547. The molecule has 1 atom stereocenters. The van der Waals surface area contributed by atoms with E-state index in [0.717, 1.165) is 12.8 Å². The van der Waals surface area contributed by atoms with Crippen LogP contribution in [-0.4, -0.2) is 22.9 Å². The Morgan fingerprint density at radius 3 is 2.48 bits per heavy atom. The van der Waals surface area contributed by atoms with E-state index in [1.54, 1.807) is 0 Å². The molecule has 0 bridgehead atoms. The number of nitrogens with one attached hydrogen (secondary N) is 1. The highest BCUT2D eigenvalue weighted by Crippen LogP contribution is 2.19.